The van der Waals surface area contributed by atoms with E-state index in [1.165, 1.54) is 5.01 Å². The lowest BCUT2D eigenvalue weighted by atomic mass is 10.2. The zero-order chi connectivity index (χ0) is 14.8. The number of rotatable bonds is 5. The first kappa shape index (κ1) is 14.6. The van der Waals surface area contributed by atoms with Crippen molar-refractivity contribution < 1.29 is 9.26 Å². The Balaban J connectivity index is 1.77. The van der Waals surface area contributed by atoms with Gasteiger partial charge in [-0.2, -0.15) is 4.98 Å². The number of hydrogen-bond acceptors (Lipinski definition) is 7. The summed E-state index contributed by atoms with van der Waals surface area (Å²) in [4.78, 5) is 11.3. The van der Waals surface area contributed by atoms with Gasteiger partial charge in [-0.15, -0.1) is 11.3 Å². The standard InChI is InChI=1S/C14H20N4O2S/c1-4-13-16-10(8-21-13)6-18-7-11(19-3)5-12(18)14-15-9(2)17-20-14/h8,11-12H,4-7H2,1-3H3/t11-,12-/m1/s1. The van der Waals surface area contributed by atoms with Crippen molar-refractivity contribution in [2.45, 2.75) is 45.4 Å². The van der Waals surface area contributed by atoms with Crippen LogP contribution in [0, 0.1) is 6.92 Å². The molecule has 0 aliphatic carbocycles. The van der Waals surface area contributed by atoms with Gasteiger partial charge in [0, 0.05) is 25.6 Å². The van der Waals surface area contributed by atoms with Crippen LogP contribution < -0.4 is 0 Å². The highest BCUT2D eigenvalue weighted by Gasteiger charge is 2.36. The lowest BCUT2D eigenvalue weighted by Gasteiger charge is -2.19. The molecular formula is C14H20N4O2S. The minimum Gasteiger partial charge on any atom is -0.380 e. The largest absolute Gasteiger partial charge is 0.380 e. The number of likely N-dealkylation sites (tertiary alicyclic amines) is 1. The fourth-order valence-corrected chi connectivity index (χ4v) is 3.44. The van der Waals surface area contributed by atoms with Crippen LogP contribution in [0.3, 0.4) is 0 Å². The Morgan fingerprint density at radius 2 is 2.33 bits per heavy atom. The van der Waals surface area contributed by atoms with E-state index in [9.17, 15) is 0 Å². The molecule has 1 fully saturated rings. The maximum Gasteiger partial charge on any atom is 0.244 e. The van der Waals surface area contributed by atoms with Gasteiger partial charge in [0.2, 0.25) is 5.89 Å². The molecule has 0 unspecified atom stereocenters. The fourth-order valence-electron chi connectivity index (χ4n) is 2.70. The van der Waals surface area contributed by atoms with Crippen molar-refractivity contribution in [2.24, 2.45) is 0 Å². The van der Waals surface area contributed by atoms with E-state index in [1.807, 2.05) is 6.92 Å². The third kappa shape index (κ3) is 3.14. The molecule has 0 saturated carbocycles. The average molecular weight is 308 g/mol. The molecule has 3 heterocycles. The zero-order valence-corrected chi connectivity index (χ0v) is 13.4. The van der Waals surface area contributed by atoms with E-state index in [2.05, 4.69) is 32.3 Å². The summed E-state index contributed by atoms with van der Waals surface area (Å²) in [5.74, 6) is 1.35. The Kier molecular flexibility index (Phi) is 4.32. The second kappa shape index (κ2) is 6.21. The van der Waals surface area contributed by atoms with Gasteiger partial charge in [-0.3, -0.25) is 4.90 Å². The summed E-state index contributed by atoms with van der Waals surface area (Å²) in [5, 5.41) is 7.22. The number of aryl methyl sites for hydroxylation is 2. The second-order valence-corrected chi connectivity index (χ2v) is 6.25. The van der Waals surface area contributed by atoms with Crippen LogP contribution >= 0.6 is 11.3 Å². The molecule has 0 spiro atoms. The van der Waals surface area contributed by atoms with Crippen LogP contribution in [0.2, 0.25) is 0 Å². The van der Waals surface area contributed by atoms with E-state index >= 15 is 0 Å². The van der Waals surface area contributed by atoms with Crippen molar-refractivity contribution in [2.75, 3.05) is 13.7 Å². The fraction of sp³-hybridized carbons (Fsp3) is 0.643. The molecule has 114 valence electrons. The molecule has 2 aromatic rings. The van der Waals surface area contributed by atoms with Crippen LogP contribution in [-0.2, 0) is 17.7 Å². The van der Waals surface area contributed by atoms with Gasteiger partial charge >= 0.3 is 0 Å². The molecule has 0 amide bonds. The summed E-state index contributed by atoms with van der Waals surface area (Å²) in [7, 11) is 1.75. The Bertz CT molecular complexity index is 597. The number of methoxy groups -OCH3 is 1. The van der Waals surface area contributed by atoms with Gasteiger partial charge in [0.05, 0.1) is 22.8 Å². The van der Waals surface area contributed by atoms with Gasteiger partial charge in [0.15, 0.2) is 5.82 Å². The van der Waals surface area contributed by atoms with Crippen LogP contribution in [0.5, 0.6) is 0 Å². The van der Waals surface area contributed by atoms with E-state index < -0.39 is 0 Å². The quantitative estimate of drug-likeness (QED) is 0.845. The Labute approximate surface area is 128 Å². The number of nitrogens with zero attached hydrogens (tertiary/aromatic N) is 4. The maximum atomic E-state index is 5.51. The number of aromatic nitrogens is 3. The molecule has 1 aliphatic heterocycles. The predicted octanol–water partition coefficient (Wildman–Crippen LogP) is 2.36. The summed E-state index contributed by atoms with van der Waals surface area (Å²) < 4.78 is 10.9. The van der Waals surface area contributed by atoms with E-state index in [-0.39, 0.29) is 12.1 Å². The molecule has 3 rings (SSSR count). The van der Waals surface area contributed by atoms with Crippen molar-refractivity contribution >= 4 is 11.3 Å². The SMILES string of the molecule is CCc1nc(CN2C[C@H](OC)C[C@@H]2c2nc(C)no2)cs1. The van der Waals surface area contributed by atoms with Crippen molar-refractivity contribution in [3.63, 3.8) is 0 Å². The first-order valence-corrected chi connectivity index (χ1v) is 8.08. The smallest absolute Gasteiger partial charge is 0.244 e. The van der Waals surface area contributed by atoms with Crippen LogP contribution in [0.4, 0.5) is 0 Å². The number of hydrogen-bond donors (Lipinski definition) is 0. The lowest BCUT2D eigenvalue weighted by Crippen LogP contribution is -2.25. The maximum absolute atomic E-state index is 5.51. The van der Waals surface area contributed by atoms with Crippen LogP contribution in [-0.4, -0.2) is 39.8 Å². The normalized spacial score (nSPS) is 23.0. The molecule has 6 nitrogen and oxygen atoms in total. The van der Waals surface area contributed by atoms with Crippen LogP contribution in [0.1, 0.15) is 41.8 Å². The molecule has 2 atom stereocenters. The summed E-state index contributed by atoms with van der Waals surface area (Å²) in [5.41, 5.74) is 1.11. The average Bonchev–Trinajstić information content (AvgIpc) is 3.18. The van der Waals surface area contributed by atoms with Gasteiger partial charge in [0.25, 0.3) is 0 Å². The lowest BCUT2D eigenvalue weighted by molar-refractivity contribution is 0.107. The summed E-state index contributed by atoms with van der Waals surface area (Å²) in [6, 6.07) is 0.114. The van der Waals surface area contributed by atoms with Gasteiger partial charge in [-0.05, 0) is 19.8 Å². The van der Waals surface area contributed by atoms with E-state index in [1.54, 1.807) is 18.4 Å². The van der Waals surface area contributed by atoms with Gasteiger partial charge in [-0.25, -0.2) is 4.98 Å². The Morgan fingerprint density at radius 1 is 1.48 bits per heavy atom. The summed E-state index contributed by atoms with van der Waals surface area (Å²) in [6.07, 6.45) is 2.06. The molecule has 2 aromatic heterocycles. The van der Waals surface area contributed by atoms with Crippen molar-refractivity contribution in [3.8, 4) is 0 Å². The molecule has 0 N–H and O–H groups in total. The van der Waals surface area contributed by atoms with Crippen LogP contribution in [0.25, 0.3) is 0 Å². The third-order valence-corrected chi connectivity index (χ3v) is 4.84. The predicted molar refractivity (Wildman–Crippen MR) is 79.1 cm³/mol. The minimum atomic E-state index is 0.114. The topological polar surface area (TPSA) is 64.3 Å². The molecular weight excluding hydrogens is 288 g/mol. The monoisotopic (exact) mass is 308 g/mol. The molecule has 0 bridgehead atoms. The molecule has 0 aromatic carbocycles. The summed E-state index contributed by atoms with van der Waals surface area (Å²) in [6.45, 7) is 5.63. The van der Waals surface area contributed by atoms with E-state index in [4.69, 9.17) is 9.26 Å². The van der Waals surface area contributed by atoms with Crippen molar-refractivity contribution in [1.29, 1.82) is 0 Å². The number of ether oxygens (including phenoxy) is 1. The highest BCUT2D eigenvalue weighted by atomic mass is 32.1. The Hall–Kier alpha value is -1.31. The molecule has 0 radical (unpaired) electrons. The zero-order valence-electron chi connectivity index (χ0n) is 12.6. The van der Waals surface area contributed by atoms with Gasteiger partial charge in [-0.1, -0.05) is 12.1 Å². The first-order chi connectivity index (χ1) is 10.2. The Morgan fingerprint density at radius 3 is 2.95 bits per heavy atom. The minimum absolute atomic E-state index is 0.114. The van der Waals surface area contributed by atoms with Crippen LogP contribution in [0.15, 0.2) is 9.90 Å². The third-order valence-electron chi connectivity index (χ3n) is 3.79. The van der Waals surface area contributed by atoms with Gasteiger partial charge in [0.1, 0.15) is 0 Å². The second-order valence-electron chi connectivity index (χ2n) is 5.30. The van der Waals surface area contributed by atoms with Crippen molar-refractivity contribution in [3.05, 3.63) is 27.8 Å². The first-order valence-electron chi connectivity index (χ1n) is 7.20. The highest BCUT2D eigenvalue weighted by Crippen LogP contribution is 2.33. The summed E-state index contributed by atoms with van der Waals surface area (Å²) >= 11 is 1.72. The van der Waals surface area contributed by atoms with E-state index in [0.717, 1.165) is 31.6 Å². The molecule has 21 heavy (non-hydrogen) atoms. The van der Waals surface area contributed by atoms with Crippen molar-refractivity contribution in [1.82, 2.24) is 20.0 Å². The van der Waals surface area contributed by atoms with E-state index in [0.29, 0.717) is 11.7 Å². The molecule has 1 aliphatic rings. The molecule has 1 saturated heterocycles. The number of thiazole rings is 1. The van der Waals surface area contributed by atoms with Gasteiger partial charge < -0.3 is 9.26 Å². The highest BCUT2D eigenvalue weighted by molar-refractivity contribution is 7.09. The molecule has 7 heteroatoms.